The lowest BCUT2D eigenvalue weighted by Gasteiger charge is -2.15. The highest BCUT2D eigenvalue weighted by atomic mass is 35.5. The van der Waals surface area contributed by atoms with Gasteiger partial charge in [-0.2, -0.15) is 5.10 Å². The topological polar surface area (TPSA) is 54.9 Å². The smallest absolute Gasteiger partial charge is 0.214 e. The highest BCUT2D eigenvalue weighted by Crippen LogP contribution is 2.28. The molecular formula is C19H19Cl3N4OS. The fourth-order valence-corrected chi connectivity index (χ4v) is 3.61. The molecule has 2 aromatic carbocycles. The second-order valence-electron chi connectivity index (χ2n) is 6.11. The van der Waals surface area contributed by atoms with Crippen LogP contribution in [0.1, 0.15) is 30.3 Å². The summed E-state index contributed by atoms with van der Waals surface area (Å²) in [5.41, 5.74) is 4.89. The number of hydrogen-bond acceptors (Lipinski definition) is 4. The summed E-state index contributed by atoms with van der Waals surface area (Å²) in [4.78, 5) is 0. The molecule has 0 radical (unpaired) electrons. The maximum Gasteiger partial charge on any atom is 0.214 e. The molecule has 0 aliphatic carbocycles. The molecule has 0 bridgehead atoms. The van der Waals surface area contributed by atoms with Gasteiger partial charge in [-0.05, 0) is 49.0 Å². The number of halogens is 3. The number of aromatic amines is 1. The van der Waals surface area contributed by atoms with Crippen LogP contribution in [0.5, 0.6) is 5.75 Å². The molecule has 9 heteroatoms. The van der Waals surface area contributed by atoms with Crippen molar-refractivity contribution in [3.63, 3.8) is 0 Å². The van der Waals surface area contributed by atoms with Crippen LogP contribution in [0, 0.1) is 4.77 Å². The van der Waals surface area contributed by atoms with Gasteiger partial charge in [0, 0.05) is 32.6 Å². The molecule has 5 nitrogen and oxygen atoms in total. The van der Waals surface area contributed by atoms with E-state index in [-0.39, 0.29) is 6.61 Å². The van der Waals surface area contributed by atoms with Crippen molar-refractivity contribution in [2.45, 2.75) is 32.9 Å². The third-order valence-corrected chi connectivity index (χ3v) is 5.32. The molecule has 0 amide bonds. The fraction of sp³-hybridized carbons (Fsp3) is 0.263. The summed E-state index contributed by atoms with van der Waals surface area (Å²) in [6.45, 7) is 2.79. The summed E-state index contributed by atoms with van der Waals surface area (Å²) in [7, 11) is 0. The molecule has 2 N–H and O–H groups in total. The highest BCUT2D eigenvalue weighted by molar-refractivity contribution is 7.71. The van der Waals surface area contributed by atoms with E-state index in [1.54, 1.807) is 28.9 Å². The summed E-state index contributed by atoms with van der Waals surface area (Å²) in [6, 6.07) is 10.8. The first-order valence-corrected chi connectivity index (χ1v) is 10.3. The van der Waals surface area contributed by atoms with Crippen molar-refractivity contribution in [2.75, 3.05) is 5.43 Å². The molecule has 0 saturated heterocycles. The average molecular weight is 458 g/mol. The number of aromatic nitrogens is 3. The van der Waals surface area contributed by atoms with Crippen molar-refractivity contribution in [3.8, 4) is 5.75 Å². The van der Waals surface area contributed by atoms with Crippen LogP contribution in [-0.2, 0) is 19.6 Å². The molecular weight excluding hydrogens is 439 g/mol. The molecule has 1 aromatic heterocycles. The summed E-state index contributed by atoms with van der Waals surface area (Å²) < 4.78 is 8.27. The zero-order valence-electron chi connectivity index (χ0n) is 15.1. The number of rotatable bonds is 8. The van der Waals surface area contributed by atoms with Crippen LogP contribution in [-0.4, -0.2) is 14.9 Å². The maximum atomic E-state index is 6.23. The van der Waals surface area contributed by atoms with E-state index in [1.807, 2.05) is 12.1 Å². The number of nitrogens with zero attached hydrogens (tertiary/aromatic N) is 2. The lowest BCUT2D eigenvalue weighted by molar-refractivity contribution is 0.303. The lowest BCUT2D eigenvalue weighted by Crippen LogP contribution is -2.18. The summed E-state index contributed by atoms with van der Waals surface area (Å²) in [6.07, 6.45) is 1.77. The first-order chi connectivity index (χ1) is 13.5. The normalized spacial score (nSPS) is 10.9. The molecule has 0 atom stereocenters. The van der Waals surface area contributed by atoms with Crippen molar-refractivity contribution < 1.29 is 4.74 Å². The lowest BCUT2D eigenvalue weighted by atomic mass is 10.2. The molecule has 1 heterocycles. The molecule has 0 fully saturated rings. The van der Waals surface area contributed by atoms with E-state index in [4.69, 9.17) is 51.8 Å². The molecule has 0 aliphatic heterocycles. The molecule has 0 aliphatic rings. The Labute approximate surface area is 183 Å². The van der Waals surface area contributed by atoms with Gasteiger partial charge in [-0.3, -0.25) is 5.10 Å². The van der Waals surface area contributed by atoms with Gasteiger partial charge in [-0.1, -0.05) is 47.8 Å². The van der Waals surface area contributed by atoms with Gasteiger partial charge < -0.3 is 10.2 Å². The van der Waals surface area contributed by atoms with Crippen LogP contribution in [0.15, 0.2) is 36.4 Å². The van der Waals surface area contributed by atoms with E-state index in [1.165, 1.54) is 0 Å². The Morgan fingerprint density at radius 2 is 1.93 bits per heavy atom. The van der Waals surface area contributed by atoms with Gasteiger partial charge in [0.1, 0.15) is 12.4 Å². The van der Waals surface area contributed by atoms with Gasteiger partial charge in [-0.15, -0.1) is 0 Å². The third kappa shape index (κ3) is 5.00. The van der Waals surface area contributed by atoms with Crippen LogP contribution in [0.3, 0.4) is 0 Å². The summed E-state index contributed by atoms with van der Waals surface area (Å²) >= 11 is 23.9. The van der Waals surface area contributed by atoms with Crippen LogP contribution in [0.4, 0.5) is 0 Å². The summed E-state index contributed by atoms with van der Waals surface area (Å²) in [5, 5.41) is 8.80. The van der Waals surface area contributed by atoms with Gasteiger partial charge >= 0.3 is 0 Å². The van der Waals surface area contributed by atoms with Crippen molar-refractivity contribution in [2.24, 2.45) is 0 Å². The molecule has 28 heavy (non-hydrogen) atoms. The number of aryl methyl sites for hydroxylation is 1. The van der Waals surface area contributed by atoms with Crippen molar-refractivity contribution >= 4 is 47.0 Å². The maximum absolute atomic E-state index is 6.23. The van der Waals surface area contributed by atoms with Crippen LogP contribution >= 0.6 is 47.0 Å². The highest BCUT2D eigenvalue weighted by Gasteiger charge is 2.11. The second-order valence-corrected chi connectivity index (χ2v) is 7.74. The average Bonchev–Trinajstić information content (AvgIpc) is 3.01. The Kier molecular flexibility index (Phi) is 7.24. The molecule has 0 unspecified atom stereocenters. The Hall–Kier alpha value is -1.73. The standard InChI is InChI=1S/C19H19Cl3N4OS/c1-2-4-18-24-25-19(28)26(18)23-10-12-9-13(20)7-8-17(12)27-11-14-15(21)5-3-6-16(14)22/h3,5-9,23H,2,4,10-11H2,1H3,(H,25,28). The van der Waals surface area contributed by atoms with Gasteiger partial charge in [-0.25, -0.2) is 4.68 Å². The molecule has 0 spiro atoms. The SMILES string of the molecule is CCCc1n[nH]c(=S)n1NCc1cc(Cl)ccc1OCc1c(Cl)cccc1Cl. The Morgan fingerprint density at radius 1 is 1.18 bits per heavy atom. The van der Waals surface area contributed by atoms with E-state index < -0.39 is 0 Å². The van der Waals surface area contributed by atoms with Crippen molar-refractivity contribution in [3.05, 3.63) is 73.2 Å². The Morgan fingerprint density at radius 3 is 2.64 bits per heavy atom. The van der Waals surface area contributed by atoms with Gasteiger partial charge in [0.25, 0.3) is 0 Å². The first-order valence-electron chi connectivity index (χ1n) is 8.74. The quantitative estimate of drug-likeness (QED) is 0.397. The van der Waals surface area contributed by atoms with E-state index in [2.05, 4.69) is 22.5 Å². The number of H-pyrrole nitrogens is 1. The molecule has 148 valence electrons. The monoisotopic (exact) mass is 456 g/mol. The van der Waals surface area contributed by atoms with Crippen LogP contribution in [0.2, 0.25) is 15.1 Å². The minimum Gasteiger partial charge on any atom is -0.488 e. The fourth-order valence-electron chi connectivity index (χ4n) is 2.70. The van der Waals surface area contributed by atoms with E-state index in [0.29, 0.717) is 32.1 Å². The number of hydrogen-bond donors (Lipinski definition) is 2. The van der Waals surface area contributed by atoms with E-state index in [0.717, 1.165) is 29.8 Å². The predicted octanol–water partition coefficient (Wildman–Crippen LogP) is 6.18. The Bertz CT molecular complexity index is 998. The first kappa shape index (κ1) is 21.0. The third-order valence-electron chi connectivity index (χ3n) is 4.10. The molecule has 0 saturated carbocycles. The number of benzene rings is 2. The zero-order valence-corrected chi connectivity index (χ0v) is 18.2. The van der Waals surface area contributed by atoms with Crippen molar-refractivity contribution in [1.82, 2.24) is 14.9 Å². The van der Waals surface area contributed by atoms with Gasteiger partial charge in [0.2, 0.25) is 4.77 Å². The van der Waals surface area contributed by atoms with E-state index in [9.17, 15) is 0 Å². The van der Waals surface area contributed by atoms with E-state index >= 15 is 0 Å². The largest absolute Gasteiger partial charge is 0.488 e. The number of nitrogens with one attached hydrogen (secondary N) is 2. The van der Waals surface area contributed by atoms with Gasteiger partial charge in [0.15, 0.2) is 5.82 Å². The minimum atomic E-state index is 0.249. The molecule has 3 aromatic rings. The van der Waals surface area contributed by atoms with Crippen LogP contribution in [0.25, 0.3) is 0 Å². The summed E-state index contributed by atoms with van der Waals surface area (Å²) in [5.74, 6) is 1.53. The second kappa shape index (κ2) is 9.65. The predicted molar refractivity (Wildman–Crippen MR) is 117 cm³/mol. The minimum absolute atomic E-state index is 0.249. The zero-order chi connectivity index (χ0) is 20.1. The van der Waals surface area contributed by atoms with Gasteiger partial charge in [0.05, 0.1) is 6.54 Å². The van der Waals surface area contributed by atoms with Crippen molar-refractivity contribution in [1.29, 1.82) is 0 Å². The van der Waals surface area contributed by atoms with Crippen LogP contribution < -0.4 is 10.2 Å². The molecule has 3 rings (SSSR count). The Balaban J connectivity index is 1.78. The number of ether oxygens (including phenoxy) is 1.